The van der Waals surface area contributed by atoms with E-state index in [1.807, 2.05) is 0 Å². The lowest BCUT2D eigenvalue weighted by molar-refractivity contribution is -0.103. The van der Waals surface area contributed by atoms with Gasteiger partial charge in [0.15, 0.2) is 0 Å². The van der Waals surface area contributed by atoms with Gasteiger partial charge in [-0.05, 0) is 12.8 Å². The molecule has 1 aliphatic heterocycles. The van der Waals surface area contributed by atoms with Gasteiger partial charge in [-0.3, -0.25) is 0 Å². The lowest BCUT2D eigenvalue weighted by atomic mass is 10.2. The van der Waals surface area contributed by atoms with Gasteiger partial charge in [0, 0.05) is 13.1 Å². The molecule has 0 radical (unpaired) electrons. The zero-order chi connectivity index (χ0) is 5.11. The summed E-state index contributed by atoms with van der Waals surface area (Å²) in [6.45, 7) is 1.75. The Labute approximate surface area is 49.8 Å². The van der Waals surface area contributed by atoms with Crippen LogP contribution in [0.1, 0.15) is 19.3 Å². The Morgan fingerprint density at radius 1 is 1.00 bits per heavy atom. The summed E-state index contributed by atoms with van der Waals surface area (Å²) in [6, 6.07) is 0. The number of nitrogens with zero attached hydrogens (tertiary/aromatic N) is 1. The molecule has 3 nitrogen and oxygen atoms in total. The molecule has 1 rings (SSSR count). The smallest absolute Gasteiger partial charge is 0.0238 e. The molecule has 1 heterocycles. The first kappa shape index (κ1) is 7.88. The molecule has 0 saturated carbocycles. The normalized spacial score (nSPS) is 22.1. The van der Waals surface area contributed by atoms with Crippen LogP contribution in [0.3, 0.4) is 0 Å². The molecule has 0 bridgehead atoms. The predicted molar refractivity (Wildman–Crippen MR) is 33.2 cm³/mol. The van der Waals surface area contributed by atoms with E-state index in [2.05, 4.69) is 0 Å². The number of rotatable bonds is 0. The summed E-state index contributed by atoms with van der Waals surface area (Å²) in [5.74, 6) is 0. The number of piperidine rings is 1. The fourth-order valence-electron chi connectivity index (χ4n) is 0.877. The van der Waals surface area contributed by atoms with E-state index in [0.29, 0.717) is 0 Å². The summed E-state index contributed by atoms with van der Waals surface area (Å²) in [5.41, 5.74) is 0. The van der Waals surface area contributed by atoms with Gasteiger partial charge in [0.1, 0.15) is 0 Å². The van der Waals surface area contributed by atoms with E-state index >= 15 is 0 Å². The summed E-state index contributed by atoms with van der Waals surface area (Å²) in [5, 5.41) is 10.1. The van der Waals surface area contributed by atoms with E-state index in [1.165, 1.54) is 11.5 Å². The first-order valence-electron chi connectivity index (χ1n) is 2.83. The van der Waals surface area contributed by atoms with E-state index in [9.17, 15) is 0 Å². The number of quaternary nitrogens is 1. The fourth-order valence-corrected chi connectivity index (χ4v) is 0.877. The van der Waals surface area contributed by atoms with E-state index < -0.39 is 0 Å². The molecule has 1 fully saturated rings. The maximum Gasteiger partial charge on any atom is 0.0238 e. The molecule has 50 valence electrons. The van der Waals surface area contributed by atoms with Crippen molar-refractivity contribution in [2.24, 2.45) is 0 Å². The van der Waals surface area contributed by atoms with Crippen LogP contribution in [-0.2, 0) is 0 Å². The van der Waals surface area contributed by atoms with Gasteiger partial charge in [-0.2, -0.15) is 5.06 Å². The van der Waals surface area contributed by atoms with E-state index in [0.717, 1.165) is 25.9 Å². The Bertz CT molecular complexity index is 52.4. The van der Waals surface area contributed by atoms with Crippen molar-refractivity contribution in [1.82, 2.24) is 11.2 Å². The minimum Gasteiger partial charge on any atom is -0.369 e. The van der Waals surface area contributed by atoms with Crippen LogP contribution in [-0.4, -0.2) is 23.4 Å². The van der Waals surface area contributed by atoms with Crippen molar-refractivity contribution in [2.45, 2.75) is 19.3 Å². The quantitative estimate of drug-likeness (QED) is 0.504. The number of hydrogen-bond acceptors (Lipinski definition) is 2. The van der Waals surface area contributed by atoms with Crippen molar-refractivity contribution in [3.05, 3.63) is 0 Å². The molecule has 0 aliphatic carbocycles. The van der Waals surface area contributed by atoms with Gasteiger partial charge >= 0.3 is 0 Å². The van der Waals surface area contributed by atoms with Gasteiger partial charge in [-0.1, -0.05) is 6.42 Å². The van der Waals surface area contributed by atoms with Crippen LogP contribution in [0.5, 0.6) is 0 Å². The van der Waals surface area contributed by atoms with E-state index in [4.69, 9.17) is 5.21 Å². The molecule has 0 atom stereocenters. The van der Waals surface area contributed by atoms with Crippen LogP contribution >= 0.6 is 0 Å². The molecule has 0 amide bonds. The third-order valence-corrected chi connectivity index (χ3v) is 1.33. The summed E-state index contributed by atoms with van der Waals surface area (Å²) in [4.78, 5) is 0. The molecular weight excluding hydrogens is 104 g/mol. The lowest BCUT2D eigenvalue weighted by Crippen LogP contribution is -2.25. The minimum atomic E-state index is 0. The van der Waals surface area contributed by atoms with Gasteiger partial charge < -0.3 is 11.4 Å². The van der Waals surface area contributed by atoms with Gasteiger partial charge in [-0.25, -0.2) is 0 Å². The summed E-state index contributed by atoms with van der Waals surface area (Å²) >= 11 is 0. The molecule has 8 heavy (non-hydrogen) atoms. The zero-order valence-corrected chi connectivity index (χ0v) is 5.43. The van der Waals surface area contributed by atoms with Gasteiger partial charge in [0.2, 0.25) is 0 Å². The first-order chi connectivity index (χ1) is 3.39. The SMILES string of the molecule is ON1CCCCC1.[NH4+]. The Hall–Kier alpha value is -0.120. The van der Waals surface area contributed by atoms with Crippen molar-refractivity contribution in [3.8, 4) is 0 Å². The molecule has 1 saturated heterocycles. The Balaban J connectivity index is 0.000000490. The minimum absolute atomic E-state index is 0. The van der Waals surface area contributed by atoms with Crippen LogP contribution in [0.15, 0.2) is 0 Å². The standard InChI is InChI=1S/C5H11NO.H3N/c7-6-4-2-1-3-5-6;/h7H,1-5H2;1H3/p+1. The summed E-state index contributed by atoms with van der Waals surface area (Å²) in [7, 11) is 0. The second kappa shape index (κ2) is 3.83. The molecule has 0 aromatic heterocycles. The zero-order valence-electron chi connectivity index (χ0n) is 5.43. The molecule has 3 heteroatoms. The third-order valence-electron chi connectivity index (χ3n) is 1.33. The molecule has 1 aliphatic rings. The average Bonchev–Trinajstić information content (AvgIpc) is 1.69. The van der Waals surface area contributed by atoms with Crippen molar-refractivity contribution >= 4 is 0 Å². The first-order valence-corrected chi connectivity index (χ1v) is 2.83. The Morgan fingerprint density at radius 2 is 1.50 bits per heavy atom. The number of hydrogen-bond donors (Lipinski definition) is 2. The molecular formula is C5H15N2O+. The van der Waals surface area contributed by atoms with Gasteiger partial charge in [0.25, 0.3) is 0 Å². The van der Waals surface area contributed by atoms with Gasteiger partial charge in [-0.15, -0.1) is 0 Å². The highest BCUT2D eigenvalue weighted by molar-refractivity contribution is 4.54. The average molecular weight is 119 g/mol. The topological polar surface area (TPSA) is 60.0 Å². The lowest BCUT2D eigenvalue weighted by Gasteiger charge is -2.18. The van der Waals surface area contributed by atoms with Crippen molar-refractivity contribution in [3.63, 3.8) is 0 Å². The molecule has 0 aromatic carbocycles. The fraction of sp³-hybridized carbons (Fsp3) is 1.00. The highest BCUT2D eigenvalue weighted by Gasteiger charge is 2.04. The van der Waals surface area contributed by atoms with Crippen molar-refractivity contribution < 1.29 is 5.21 Å². The van der Waals surface area contributed by atoms with Gasteiger partial charge in [0.05, 0.1) is 0 Å². The van der Waals surface area contributed by atoms with Crippen LogP contribution in [0.2, 0.25) is 0 Å². The van der Waals surface area contributed by atoms with Crippen LogP contribution in [0, 0.1) is 0 Å². The summed E-state index contributed by atoms with van der Waals surface area (Å²) < 4.78 is 0. The molecule has 5 N–H and O–H groups in total. The Kier molecular flexibility index (Phi) is 3.77. The maximum absolute atomic E-state index is 8.74. The predicted octanol–water partition coefficient (Wildman–Crippen LogP) is 1.24. The second-order valence-electron chi connectivity index (χ2n) is 2.01. The van der Waals surface area contributed by atoms with Crippen molar-refractivity contribution in [1.29, 1.82) is 0 Å². The highest BCUT2D eigenvalue weighted by atomic mass is 16.5. The Morgan fingerprint density at radius 3 is 1.75 bits per heavy atom. The van der Waals surface area contributed by atoms with E-state index in [-0.39, 0.29) is 6.15 Å². The largest absolute Gasteiger partial charge is 0.369 e. The highest BCUT2D eigenvalue weighted by Crippen LogP contribution is 2.04. The van der Waals surface area contributed by atoms with Crippen LogP contribution in [0.25, 0.3) is 0 Å². The molecule has 0 spiro atoms. The van der Waals surface area contributed by atoms with Crippen molar-refractivity contribution in [2.75, 3.05) is 13.1 Å². The van der Waals surface area contributed by atoms with Crippen LogP contribution < -0.4 is 6.15 Å². The third kappa shape index (κ3) is 2.26. The monoisotopic (exact) mass is 119 g/mol. The second-order valence-corrected chi connectivity index (χ2v) is 2.01. The summed E-state index contributed by atoms with van der Waals surface area (Å²) in [6.07, 6.45) is 3.62. The number of hydroxylamine groups is 2. The maximum atomic E-state index is 8.74. The van der Waals surface area contributed by atoms with Crippen LogP contribution in [0.4, 0.5) is 0 Å². The molecule has 0 aromatic rings. The molecule has 0 unspecified atom stereocenters. The van der Waals surface area contributed by atoms with E-state index in [1.54, 1.807) is 0 Å².